The number of nitrogens with one attached hydrogen (secondary N) is 1. The standard InChI is InChI=1S/C33H50N2O2/c1-22(2)23(3)10-11-24(4)26-12-13-27-30(26,5)16-15-28-31(6)17-14-25(36)21-32(31,18-19-33(27,28)37)35-29-9-7-8-20-34-29/h7-11,18-20,22-28,36-37H,12-17,21H2,1-6H3,(H,34,35)/b11-10+/t23-,24+,25-,26+,27+,28+,30+,31+,32+,33-/m0/s1. The summed E-state index contributed by atoms with van der Waals surface area (Å²) in [6, 6.07) is 5.96. The van der Waals surface area contributed by atoms with Crippen LogP contribution in [0.15, 0.2) is 48.7 Å². The second kappa shape index (κ2) is 9.52. The number of allylic oxidation sites excluding steroid dienone is 2. The van der Waals surface area contributed by atoms with Gasteiger partial charge in [-0.15, -0.1) is 0 Å². The SMILES string of the molecule is CC(C)[C@@H](C)/C=C/[C@@H](C)[C@H]1CC[C@H]2[C@@]3(O)C=C[C@@]4(Nc5ccccn5)C[C@@H](O)CC[C@]4(C)[C@H]3CC[C@]12C. The topological polar surface area (TPSA) is 65.4 Å². The Labute approximate surface area is 225 Å². The van der Waals surface area contributed by atoms with Crippen LogP contribution in [0.25, 0.3) is 0 Å². The summed E-state index contributed by atoms with van der Waals surface area (Å²) in [6.45, 7) is 14.2. The van der Waals surface area contributed by atoms with Gasteiger partial charge in [0.15, 0.2) is 0 Å². The molecule has 0 radical (unpaired) electrons. The molecule has 10 atom stereocenters. The van der Waals surface area contributed by atoms with E-state index in [2.05, 4.69) is 76.1 Å². The van der Waals surface area contributed by atoms with Gasteiger partial charge in [-0.1, -0.05) is 71.9 Å². The summed E-state index contributed by atoms with van der Waals surface area (Å²) in [5.74, 6) is 3.66. The van der Waals surface area contributed by atoms with E-state index in [1.807, 2.05) is 24.4 Å². The predicted molar refractivity (Wildman–Crippen MR) is 152 cm³/mol. The summed E-state index contributed by atoms with van der Waals surface area (Å²) in [4.78, 5) is 4.57. The van der Waals surface area contributed by atoms with E-state index in [4.69, 9.17) is 0 Å². The molecule has 0 amide bonds. The Balaban J connectivity index is 1.48. The fraction of sp³-hybridized carbons (Fsp3) is 0.727. The molecule has 4 aliphatic rings. The van der Waals surface area contributed by atoms with Gasteiger partial charge in [0.05, 0.1) is 17.2 Å². The number of rotatable bonds is 6. The predicted octanol–water partition coefficient (Wildman–Crippen LogP) is 7.01. The first-order chi connectivity index (χ1) is 17.5. The number of fused-ring (bicyclic) bond motifs is 5. The number of aliphatic hydroxyl groups excluding tert-OH is 1. The van der Waals surface area contributed by atoms with Crippen molar-refractivity contribution in [2.75, 3.05) is 5.32 Å². The highest BCUT2D eigenvalue weighted by Gasteiger charge is 2.68. The summed E-state index contributed by atoms with van der Waals surface area (Å²) in [6.07, 6.45) is 17.6. The van der Waals surface area contributed by atoms with Crippen molar-refractivity contribution in [3.8, 4) is 0 Å². The average Bonchev–Trinajstić information content (AvgIpc) is 3.22. The normalized spacial score (nSPS) is 44.8. The van der Waals surface area contributed by atoms with Gasteiger partial charge in [-0.3, -0.25) is 0 Å². The highest BCUT2D eigenvalue weighted by molar-refractivity contribution is 5.46. The summed E-state index contributed by atoms with van der Waals surface area (Å²) in [5, 5.41) is 27.2. The third-order valence-electron chi connectivity index (χ3n) is 11.9. The largest absolute Gasteiger partial charge is 0.393 e. The highest BCUT2D eigenvalue weighted by Crippen LogP contribution is 2.69. The van der Waals surface area contributed by atoms with Crippen molar-refractivity contribution < 1.29 is 10.2 Å². The van der Waals surface area contributed by atoms with Gasteiger partial charge in [-0.2, -0.15) is 0 Å². The van der Waals surface area contributed by atoms with Crippen LogP contribution in [0.5, 0.6) is 0 Å². The van der Waals surface area contributed by atoms with Crippen molar-refractivity contribution in [1.82, 2.24) is 4.98 Å². The van der Waals surface area contributed by atoms with Gasteiger partial charge in [-0.05, 0) is 91.6 Å². The number of nitrogens with zero attached hydrogens (tertiary/aromatic N) is 1. The molecule has 204 valence electrons. The Morgan fingerprint density at radius 3 is 2.46 bits per heavy atom. The Morgan fingerprint density at radius 1 is 0.973 bits per heavy atom. The van der Waals surface area contributed by atoms with Crippen LogP contribution in [0.3, 0.4) is 0 Å². The lowest BCUT2D eigenvalue weighted by molar-refractivity contribution is -0.177. The lowest BCUT2D eigenvalue weighted by atomic mass is 9.42. The molecule has 3 fully saturated rings. The molecule has 3 N–H and O–H groups in total. The maximum atomic E-state index is 12.7. The maximum absolute atomic E-state index is 12.7. The molecule has 0 aliphatic heterocycles. The average molecular weight is 507 g/mol. The fourth-order valence-electron chi connectivity index (χ4n) is 9.26. The van der Waals surface area contributed by atoms with Gasteiger partial charge in [0.1, 0.15) is 5.82 Å². The molecule has 1 heterocycles. The third-order valence-corrected chi connectivity index (χ3v) is 11.9. The van der Waals surface area contributed by atoms with E-state index in [-0.39, 0.29) is 28.8 Å². The summed E-state index contributed by atoms with van der Waals surface area (Å²) in [5.41, 5.74) is -1.24. The molecule has 1 aromatic rings. The Hall–Kier alpha value is -1.65. The molecule has 4 nitrogen and oxygen atoms in total. The van der Waals surface area contributed by atoms with Crippen molar-refractivity contribution in [3.05, 3.63) is 48.7 Å². The van der Waals surface area contributed by atoms with E-state index < -0.39 is 11.1 Å². The zero-order valence-corrected chi connectivity index (χ0v) is 24.0. The minimum Gasteiger partial charge on any atom is -0.393 e. The monoisotopic (exact) mass is 506 g/mol. The van der Waals surface area contributed by atoms with Crippen LogP contribution in [0.2, 0.25) is 0 Å². The van der Waals surface area contributed by atoms with Crippen molar-refractivity contribution in [1.29, 1.82) is 0 Å². The first-order valence-electron chi connectivity index (χ1n) is 14.9. The molecular weight excluding hydrogens is 456 g/mol. The molecule has 3 saturated carbocycles. The molecule has 0 unspecified atom stereocenters. The van der Waals surface area contributed by atoms with E-state index in [1.54, 1.807) is 0 Å². The summed E-state index contributed by atoms with van der Waals surface area (Å²) in [7, 11) is 0. The lowest BCUT2D eigenvalue weighted by Crippen LogP contribution is -2.69. The quantitative estimate of drug-likeness (QED) is 0.363. The van der Waals surface area contributed by atoms with Crippen molar-refractivity contribution in [2.24, 2.45) is 46.3 Å². The third kappa shape index (κ3) is 4.22. The highest BCUT2D eigenvalue weighted by atomic mass is 16.3. The van der Waals surface area contributed by atoms with Crippen molar-refractivity contribution >= 4 is 5.82 Å². The van der Waals surface area contributed by atoms with Gasteiger partial charge in [0.25, 0.3) is 0 Å². The number of aliphatic hydroxyl groups is 2. The van der Waals surface area contributed by atoms with Crippen LogP contribution in [-0.4, -0.2) is 32.4 Å². The molecule has 37 heavy (non-hydrogen) atoms. The Bertz CT molecular complexity index is 1020. The molecule has 0 bridgehead atoms. The van der Waals surface area contributed by atoms with Crippen LogP contribution in [0.1, 0.15) is 86.5 Å². The van der Waals surface area contributed by atoms with Gasteiger partial charge >= 0.3 is 0 Å². The van der Waals surface area contributed by atoms with Gasteiger partial charge in [0.2, 0.25) is 0 Å². The van der Waals surface area contributed by atoms with Crippen LogP contribution < -0.4 is 5.32 Å². The molecule has 1 aromatic heterocycles. The maximum Gasteiger partial charge on any atom is 0.126 e. The molecular formula is C33H50N2O2. The first-order valence-corrected chi connectivity index (χ1v) is 14.9. The zero-order chi connectivity index (χ0) is 26.6. The zero-order valence-electron chi connectivity index (χ0n) is 24.0. The van der Waals surface area contributed by atoms with E-state index in [0.29, 0.717) is 30.1 Å². The van der Waals surface area contributed by atoms with Crippen LogP contribution in [0, 0.1) is 46.3 Å². The summed E-state index contributed by atoms with van der Waals surface area (Å²) >= 11 is 0. The minimum atomic E-state index is -0.803. The van der Waals surface area contributed by atoms with Gasteiger partial charge < -0.3 is 15.5 Å². The number of hydrogen-bond acceptors (Lipinski definition) is 4. The fourth-order valence-corrected chi connectivity index (χ4v) is 9.26. The second-order valence-electron chi connectivity index (χ2n) is 14.0. The Kier molecular flexibility index (Phi) is 6.93. The van der Waals surface area contributed by atoms with Gasteiger partial charge in [0, 0.05) is 18.0 Å². The van der Waals surface area contributed by atoms with Crippen LogP contribution in [0.4, 0.5) is 5.82 Å². The molecule has 5 rings (SSSR count). The number of aromatic nitrogens is 1. The first kappa shape index (κ1) is 26.9. The lowest BCUT2D eigenvalue weighted by Gasteiger charge is -2.66. The molecule has 0 spiro atoms. The minimum absolute atomic E-state index is 0.138. The van der Waals surface area contributed by atoms with Crippen molar-refractivity contribution in [2.45, 2.75) is 104 Å². The number of anilines is 1. The van der Waals surface area contributed by atoms with E-state index >= 15 is 0 Å². The molecule has 4 aliphatic carbocycles. The number of pyridine rings is 1. The Morgan fingerprint density at radius 2 is 1.76 bits per heavy atom. The van der Waals surface area contributed by atoms with Crippen LogP contribution >= 0.6 is 0 Å². The molecule has 0 saturated heterocycles. The molecule has 0 aromatic carbocycles. The van der Waals surface area contributed by atoms with E-state index in [0.717, 1.165) is 31.5 Å². The molecule has 4 heteroatoms. The second-order valence-corrected chi connectivity index (χ2v) is 14.0. The smallest absolute Gasteiger partial charge is 0.126 e. The summed E-state index contributed by atoms with van der Waals surface area (Å²) < 4.78 is 0. The van der Waals surface area contributed by atoms with Gasteiger partial charge in [-0.25, -0.2) is 4.98 Å². The van der Waals surface area contributed by atoms with Crippen LogP contribution in [-0.2, 0) is 0 Å². The van der Waals surface area contributed by atoms with E-state index in [9.17, 15) is 10.2 Å². The van der Waals surface area contributed by atoms with E-state index in [1.165, 1.54) is 12.8 Å². The number of hydrogen-bond donors (Lipinski definition) is 3. The van der Waals surface area contributed by atoms with Crippen molar-refractivity contribution in [3.63, 3.8) is 0 Å².